The number of hydrogen-bond donors (Lipinski definition) is 1. The summed E-state index contributed by atoms with van der Waals surface area (Å²) in [6, 6.07) is 12.4. The summed E-state index contributed by atoms with van der Waals surface area (Å²) in [6.45, 7) is 3.72. The quantitative estimate of drug-likeness (QED) is 0.352. The van der Waals surface area contributed by atoms with Crippen LogP contribution in [0.2, 0.25) is 0 Å². The van der Waals surface area contributed by atoms with Crippen molar-refractivity contribution in [3.8, 4) is 0 Å². The van der Waals surface area contributed by atoms with Crippen LogP contribution in [0, 0.1) is 5.82 Å². The SMILES string of the molecule is CC/C=C1\c2c(ccc(F)c2Br)C(OCc2ccccc2)=C(C(=O)OC)N1/N=C(\C)N. The highest BCUT2D eigenvalue weighted by Crippen LogP contribution is 2.44. The molecule has 6 nitrogen and oxygen atoms in total. The average molecular weight is 488 g/mol. The zero-order valence-electron chi connectivity index (χ0n) is 17.5. The van der Waals surface area contributed by atoms with E-state index in [0.717, 1.165) is 5.56 Å². The minimum absolute atomic E-state index is 0.0638. The maximum absolute atomic E-state index is 14.5. The highest BCUT2D eigenvalue weighted by atomic mass is 79.9. The summed E-state index contributed by atoms with van der Waals surface area (Å²) in [5, 5.41) is 5.70. The molecule has 1 aliphatic heterocycles. The van der Waals surface area contributed by atoms with Gasteiger partial charge < -0.3 is 15.2 Å². The lowest BCUT2D eigenvalue weighted by Gasteiger charge is -2.33. The second kappa shape index (κ2) is 9.78. The van der Waals surface area contributed by atoms with Crippen molar-refractivity contribution >= 4 is 39.2 Å². The Morgan fingerprint density at radius 3 is 2.58 bits per heavy atom. The van der Waals surface area contributed by atoms with Crippen molar-refractivity contribution in [2.45, 2.75) is 26.9 Å². The number of nitrogens with zero attached hydrogens (tertiary/aromatic N) is 2. The molecule has 0 atom stereocenters. The van der Waals surface area contributed by atoms with Crippen LogP contribution in [0.3, 0.4) is 0 Å². The number of fused-ring (bicyclic) bond motifs is 1. The molecule has 1 aliphatic rings. The number of nitrogens with two attached hydrogens (primary N) is 1. The van der Waals surface area contributed by atoms with Gasteiger partial charge in [0.05, 0.1) is 17.3 Å². The van der Waals surface area contributed by atoms with Crippen LogP contribution in [0.15, 0.2) is 63.8 Å². The van der Waals surface area contributed by atoms with Crippen molar-refractivity contribution in [3.63, 3.8) is 0 Å². The third-order valence-electron chi connectivity index (χ3n) is 4.51. The Kier molecular flexibility index (Phi) is 7.12. The number of hydrazone groups is 1. The molecule has 0 fully saturated rings. The van der Waals surface area contributed by atoms with Crippen molar-refractivity contribution in [2.75, 3.05) is 7.11 Å². The van der Waals surface area contributed by atoms with Crippen LogP contribution in [0.1, 0.15) is 37.0 Å². The maximum Gasteiger partial charge on any atom is 0.360 e. The fraction of sp³-hybridized carbons (Fsp3) is 0.217. The number of hydrogen-bond acceptors (Lipinski definition) is 5. The molecule has 0 unspecified atom stereocenters. The number of benzene rings is 2. The molecule has 0 radical (unpaired) electrons. The fourth-order valence-corrected chi connectivity index (χ4v) is 3.78. The van der Waals surface area contributed by atoms with Crippen LogP contribution in [0.25, 0.3) is 11.5 Å². The van der Waals surface area contributed by atoms with E-state index in [1.165, 1.54) is 18.2 Å². The number of carbonyl (C=O) groups is 1. The highest BCUT2D eigenvalue weighted by Gasteiger charge is 2.37. The molecular weight excluding hydrogens is 465 g/mol. The minimum Gasteiger partial charge on any atom is -0.486 e. The minimum atomic E-state index is -0.652. The first-order valence-electron chi connectivity index (χ1n) is 9.68. The zero-order valence-corrected chi connectivity index (χ0v) is 19.1. The van der Waals surface area contributed by atoms with Gasteiger partial charge in [-0.2, -0.15) is 5.10 Å². The highest BCUT2D eigenvalue weighted by molar-refractivity contribution is 9.10. The Morgan fingerprint density at radius 2 is 1.97 bits per heavy atom. The largest absolute Gasteiger partial charge is 0.486 e. The molecule has 31 heavy (non-hydrogen) atoms. The van der Waals surface area contributed by atoms with Crippen molar-refractivity contribution in [1.29, 1.82) is 0 Å². The molecule has 0 amide bonds. The molecule has 0 aromatic heterocycles. The molecule has 8 heteroatoms. The Morgan fingerprint density at radius 1 is 1.26 bits per heavy atom. The monoisotopic (exact) mass is 487 g/mol. The van der Waals surface area contributed by atoms with E-state index in [9.17, 15) is 9.18 Å². The van der Waals surface area contributed by atoms with E-state index in [4.69, 9.17) is 15.2 Å². The second-order valence-corrected chi connectivity index (χ2v) is 7.57. The molecule has 0 bridgehead atoms. The molecule has 2 aromatic carbocycles. The van der Waals surface area contributed by atoms with E-state index in [1.807, 2.05) is 43.3 Å². The third kappa shape index (κ3) is 4.64. The van der Waals surface area contributed by atoms with Gasteiger partial charge in [-0.25, -0.2) is 14.2 Å². The molecule has 2 aromatic rings. The normalized spacial score (nSPS) is 15.2. The van der Waals surface area contributed by atoms with Crippen LogP contribution < -0.4 is 5.73 Å². The van der Waals surface area contributed by atoms with Gasteiger partial charge in [-0.05, 0) is 47.0 Å². The first-order chi connectivity index (χ1) is 14.9. The van der Waals surface area contributed by atoms with Gasteiger partial charge in [-0.15, -0.1) is 0 Å². The van der Waals surface area contributed by atoms with E-state index >= 15 is 0 Å². The Bertz CT molecular complexity index is 1080. The molecule has 162 valence electrons. The molecule has 3 rings (SSSR count). The van der Waals surface area contributed by atoms with E-state index < -0.39 is 11.8 Å². The topological polar surface area (TPSA) is 77.2 Å². The van der Waals surface area contributed by atoms with Crippen molar-refractivity contribution in [1.82, 2.24) is 5.01 Å². The lowest BCUT2D eigenvalue weighted by Crippen LogP contribution is -2.31. The summed E-state index contributed by atoms with van der Waals surface area (Å²) in [7, 11) is 1.28. The zero-order chi connectivity index (χ0) is 22.5. The Hall–Kier alpha value is -3.13. The number of rotatable bonds is 6. The van der Waals surface area contributed by atoms with Crippen molar-refractivity contribution in [2.24, 2.45) is 10.8 Å². The number of amidine groups is 1. The van der Waals surface area contributed by atoms with Crippen molar-refractivity contribution in [3.05, 3.63) is 81.2 Å². The number of allylic oxidation sites excluding steroid dienone is 1. The van der Waals surface area contributed by atoms with Crippen molar-refractivity contribution < 1.29 is 18.7 Å². The van der Waals surface area contributed by atoms with Gasteiger partial charge in [-0.1, -0.05) is 43.3 Å². The Balaban J connectivity index is 2.30. The number of halogens is 2. The molecule has 0 saturated heterocycles. The standard InChI is InChI=1S/C23H23BrFN3O3/c1-4-8-18-19-16(11-12-17(25)20(19)24)22(31-13-15-9-6-5-7-10-15)21(23(29)30-3)28(18)27-14(2)26/h5-12H,4,13H2,1-3H3,(H2,26,27)/b18-8+. The first kappa shape index (κ1) is 22.6. The summed E-state index contributed by atoms with van der Waals surface area (Å²) in [6.07, 6.45) is 2.45. The lowest BCUT2D eigenvalue weighted by molar-refractivity contribution is -0.137. The van der Waals surface area contributed by atoms with Gasteiger partial charge >= 0.3 is 5.97 Å². The molecule has 0 spiro atoms. The predicted octanol–water partition coefficient (Wildman–Crippen LogP) is 5.01. The summed E-state index contributed by atoms with van der Waals surface area (Å²) in [5.41, 5.74) is 8.40. The number of methoxy groups -OCH3 is 1. The molecule has 0 aliphatic carbocycles. The van der Waals surface area contributed by atoms with Gasteiger partial charge in [0.2, 0.25) is 0 Å². The summed E-state index contributed by atoms with van der Waals surface area (Å²) >= 11 is 3.35. The van der Waals surface area contributed by atoms with Crippen LogP contribution in [-0.4, -0.2) is 23.9 Å². The third-order valence-corrected chi connectivity index (χ3v) is 5.29. The van der Waals surface area contributed by atoms with E-state index in [2.05, 4.69) is 21.0 Å². The van der Waals surface area contributed by atoms with Gasteiger partial charge in [0.25, 0.3) is 0 Å². The van der Waals surface area contributed by atoms with Crippen LogP contribution in [0.5, 0.6) is 0 Å². The lowest BCUT2D eigenvalue weighted by atomic mass is 9.96. The smallest absolute Gasteiger partial charge is 0.360 e. The number of carbonyl (C=O) groups excluding carboxylic acids is 1. The molecule has 2 N–H and O–H groups in total. The van der Waals surface area contributed by atoms with Gasteiger partial charge in [-0.3, -0.25) is 0 Å². The number of ether oxygens (including phenoxy) is 2. The van der Waals surface area contributed by atoms with Crippen LogP contribution in [-0.2, 0) is 20.9 Å². The fourth-order valence-electron chi connectivity index (χ4n) is 3.24. The molecule has 0 saturated carbocycles. The van der Waals surface area contributed by atoms with Gasteiger partial charge in [0.1, 0.15) is 18.3 Å². The second-order valence-electron chi connectivity index (χ2n) is 6.78. The number of esters is 1. The summed E-state index contributed by atoms with van der Waals surface area (Å²) in [4.78, 5) is 12.9. The van der Waals surface area contributed by atoms with E-state index in [1.54, 1.807) is 13.0 Å². The van der Waals surface area contributed by atoms with E-state index in [-0.39, 0.29) is 28.4 Å². The Labute approximate surface area is 189 Å². The average Bonchev–Trinajstić information content (AvgIpc) is 2.76. The summed E-state index contributed by atoms with van der Waals surface area (Å²) < 4.78 is 25.9. The molecule has 1 heterocycles. The van der Waals surface area contributed by atoms with Crippen LogP contribution >= 0.6 is 15.9 Å². The molecular formula is C23H23BrFN3O3. The predicted molar refractivity (Wildman–Crippen MR) is 122 cm³/mol. The van der Waals surface area contributed by atoms with Crippen LogP contribution in [0.4, 0.5) is 4.39 Å². The maximum atomic E-state index is 14.5. The first-order valence-corrected chi connectivity index (χ1v) is 10.5. The summed E-state index contributed by atoms with van der Waals surface area (Å²) in [5.74, 6) is -0.661. The van der Waals surface area contributed by atoms with Gasteiger partial charge in [0, 0.05) is 11.1 Å². The van der Waals surface area contributed by atoms with Gasteiger partial charge in [0.15, 0.2) is 11.5 Å². The van der Waals surface area contributed by atoms with E-state index in [0.29, 0.717) is 23.2 Å².